The minimum absolute atomic E-state index is 0.113. The van der Waals surface area contributed by atoms with Crippen LogP contribution in [0.3, 0.4) is 0 Å². The molecule has 8 nitrogen and oxygen atoms in total. The summed E-state index contributed by atoms with van der Waals surface area (Å²) >= 11 is 0. The molecule has 2 aromatic rings. The molecule has 1 amide bonds. The van der Waals surface area contributed by atoms with Gasteiger partial charge >= 0.3 is 5.97 Å². The van der Waals surface area contributed by atoms with Crippen LogP contribution in [0.1, 0.15) is 28.4 Å². The first-order valence-electron chi connectivity index (χ1n) is 7.88. The predicted molar refractivity (Wildman–Crippen MR) is 101 cm³/mol. The second kappa shape index (κ2) is 7.67. The zero-order valence-electron chi connectivity index (χ0n) is 15.3. The Bertz CT molecular complexity index is 1010. The summed E-state index contributed by atoms with van der Waals surface area (Å²) < 4.78 is 33.4. The maximum absolute atomic E-state index is 12.9. The number of hydrogen-bond donors (Lipinski definition) is 3. The first-order chi connectivity index (χ1) is 12.5. The SMILES string of the molecule is COc1ccc(NC(C)=O)cc1NS(=O)(=O)c1cc(C(=O)O)cc(C)c1C. The van der Waals surface area contributed by atoms with Gasteiger partial charge in [-0.15, -0.1) is 0 Å². The van der Waals surface area contributed by atoms with E-state index in [0.29, 0.717) is 16.8 Å². The number of carbonyl (C=O) groups excluding carboxylic acids is 1. The Morgan fingerprint density at radius 2 is 1.78 bits per heavy atom. The van der Waals surface area contributed by atoms with Crippen molar-refractivity contribution in [3.63, 3.8) is 0 Å². The Kier molecular flexibility index (Phi) is 5.75. The number of carbonyl (C=O) groups is 2. The average Bonchev–Trinajstić information content (AvgIpc) is 2.56. The van der Waals surface area contributed by atoms with Crippen LogP contribution in [0.25, 0.3) is 0 Å². The second-order valence-corrected chi connectivity index (χ2v) is 7.57. The van der Waals surface area contributed by atoms with Gasteiger partial charge in [-0.2, -0.15) is 0 Å². The van der Waals surface area contributed by atoms with Crippen LogP contribution in [0.4, 0.5) is 11.4 Å². The van der Waals surface area contributed by atoms with Crippen LogP contribution in [-0.2, 0) is 14.8 Å². The molecule has 9 heteroatoms. The zero-order chi connectivity index (χ0) is 20.4. The number of sulfonamides is 1. The summed E-state index contributed by atoms with van der Waals surface area (Å²) in [6, 6.07) is 7.01. The molecule has 2 aromatic carbocycles. The molecule has 0 aliphatic heterocycles. The molecule has 0 radical (unpaired) electrons. The van der Waals surface area contributed by atoms with Crippen molar-refractivity contribution >= 4 is 33.3 Å². The molecular formula is C18H20N2O6S. The molecule has 0 saturated carbocycles. The lowest BCUT2D eigenvalue weighted by atomic mass is 10.1. The Hall–Kier alpha value is -3.07. The van der Waals surface area contributed by atoms with Crippen LogP contribution < -0.4 is 14.8 Å². The number of carboxylic acid groups (broad SMARTS) is 1. The van der Waals surface area contributed by atoms with Gasteiger partial charge < -0.3 is 15.2 Å². The molecule has 144 valence electrons. The van der Waals surface area contributed by atoms with Gasteiger partial charge in [0.25, 0.3) is 10.0 Å². The van der Waals surface area contributed by atoms with Crippen molar-refractivity contribution in [2.45, 2.75) is 25.7 Å². The van der Waals surface area contributed by atoms with E-state index in [9.17, 15) is 23.1 Å². The number of amides is 1. The van der Waals surface area contributed by atoms with Crippen molar-refractivity contribution in [3.8, 4) is 5.75 Å². The third-order valence-electron chi connectivity index (χ3n) is 3.92. The molecule has 0 aliphatic carbocycles. The predicted octanol–water partition coefficient (Wildman–Crippen LogP) is 2.77. The fourth-order valence-electron chi connectivity index (χ4n) is 2.50. The summed E-state index contributed by atoms with van der Waals surface area (Å²) in [7, 11) is -2.73. The second-order valence-electron chi connectivity index (χ2n) is 5.92. The quantitative estimate of drug-likeness (QED) is 0.695. The van der Waals surface area contributed by atoms with Gasteiger partial charge in [0.2, 0.25) is 5.91 Å². The summed E-state index contributed by atoms with van der Waals surface area (Å²) in [5, 5.41) is 11.8. The highest BCUT2D eigenvalue weighted by atomic mass is 32.2. The summed E-state index contributed by atoms with van der Waals surface area (Å²) in [6.45, 7) is 4.57. The minimum atomic E-state index is -4.11. The lowest BCUT2D eigenvalue weighted by Crippen LogP contribution is -2.17. The normalized spacial score (nSPS) is 11.0. The number of aromatic carboxylic acids is 1. The smallest absolute Gasteiger partial charge is 0.335 e. The van der Waals surface area contributed by atoms with Crippen molar-refractivity contribution in [3.05, 3.63) is 47.0 Å². The summed E-state index contributed by atoms with van der Waals surface area (Å²) in [4.78, 5) is 22.4. The largest absolute Gasteiger partial charge is 0.495 e. The molecule has 0 fully saturated rings. The van der Waals surface area contributed by atoms with E-state index in [1.54, 1.807) is 19.9 Å². The monoisotopic (exact) mass is 392 g/mol. The molecule has 0 aromatic heterocycles. The van der Waals surface area contributed by atoms with Crippen molar-refractivity contribution in [2.75, 3.05) is 17.1 Å². The lowest BCUT2D eigenvalue weighted by molar-refractivity contribution is -0.114. The fourth-order valence-corrected chi connectivity index (χ4v) is 3.90. The Balaban J connectivity index is 2.53. The molecule has 0 aliphatic rings. The molecule has 2 rings (SSSR count). The number of benzene rings is 2. The number of ether oxygens (including phenoxy) is 1. The number of anilines is 2. The van der Waals surface area contributed by atoms with E-state index in [4.69, 9.17) is 4.74 Å². The standard InChI is InChI=1S/C18H20N2O6S/c1-10-7-13(18(22)23)8-17(11(10)2)27(24,25)20-15-9-14(19-12(3)21)5-6-16(15)26-4/h5-9,20H,1-4H3,(H,19,21)(H,22,23). The van der Waals surface area contributed by atoms with E-state index in [0.717, 1.165) is 6.07 Å². The Morgan fingerprint density at radius 1 is 1.11 bits per heavy atom. The third kappa shape index (κ3) is 4.56. The molecule has 0 saturated heterocycles. The number of aryl methyl sites for hydroxylation is 1. The van der Waals surface area contributed by atoms with E-state index in [-0.39, 0.29) is 27.8 Å². The maximum atomic E-state index is 12.9. The van der Waals surface area contributed by atoms with Crippen LogP contribution in [0, 0.1) is 13.8 Å². The molecule has 0 atom stereocenters. The minimum Gasteiger partial charge on any atom is -0.495 e. The molecule has 0 spiro atoms. The van der Waals surface area contributed by atoms with Crippen LogP contribution in [0.2, 0.25) is 0 Å². The average molecular weight is 392 g/mol. The molecule has 0 bridgehead atoms. The Labute approximate surface area is 157 Å². The van der Waals surface area contributed by atoms with Gasteiger partial charge in [0.15, 0.2) is 0 Å². The molecule has 3 N–H and O–H groups in total. The van der Waals surface area contributed by atoms with Gasteiger partial charge in [-0.05, 0) is 55.3 Å². The Morgan fingerprint density at radius 3 is 2.33 bits per heavy atom. The first kappa shape index (κ1) is 20.2. The first-order valence-corrected chi connectivity index (χ1v) is 9.36. The van der Waals surface area contributed by atoms with Crippen LogP contribution >= 0.6 is 0 Å². The number of nitrogens with one attached hydrogen (secondary N) is 2. The van der Waals surface area contributed by atoms with Crippen molar-refractivity contribution in [1.29, 1.82) is 0 Å². The summed E-state index contributed by atoms with van der Waals surface area (Å²) in [5.41, 5.74) is 1.34. The lowest BCUT2D eigenvalue weighted by Gasteiger charge is -2.16. The highest BCUT2D eigenvalue weighted by Gasteiger charge is 2.22. The van der Waals surface area contributed by atoms with Crippen LogP contribution in [0.5, 0.6) is 5.75 Å². The van der Waals surface area contributed by atoms with E-state index < -0.39 is 16.0 Å². The zero-order valence-corrected chi connectivity index (χ0v) is 16.1. The summed E-state index contributed by atoms with van der Waals surface area (Å²) in [5.74, 6) is -1.29. The number of methoxy groups -OCH3 is 1. The van der Waals surface area contributed by atoms with Gasteiger partial charge in [0.1, 0.15) is 5.75 Å². The van der Waals surface area contributed by atoms with Crippen LogP contribution in [-0.4, -0.2) is 32.5 Å². The van der Waals surface area contributed by atoms with E-state index in [2.05, 4.69) is 10.0 Å². The van der Waals surface area contributed by atoms with Gasteiger partial charge in [-0.3, -0.25) is 9.52 Å². The van der Waals surface area contributed by atoms with Gasteiger partial charge in [0.05, 0.1) is 23.3 Å². The topological polar surface area (TPSA) is 122 Å². The molecule has 0 unspecified atom stereocenters. The van der Waals surface area contributed by atoms with Crippen molar-refractivity contribution in [2.24, 2.45) is 0 Å². The number of hydrogen-bond acceptors (Lipinski definition) is 5. The third-order valence-corrected chi connectivity index (χ3v) is 5.41. The molecular weight excluding hydrogens is 372 g/mol. The maximum Gasteiger partial charge on any atom is 0.335 e. The number of rotatable bonds is 6. The number of carboxylic acids is 1. The molecule has 27 heavy (non-hydrogen) atoms. The van der Waals surface area contributed by atoms with Crippen LogP contribution in [0.15, 0.2) is 35.2 Å². The van der Waals surface area contributed by atoms with E-state index in [1.165, 1.54) is 32.2 Å². The van der Waals surface area contributed by atoms with Gasteiger partial charge in [0, 0.05) is 12.6 Å². The van der Waals surface area contributed by atoms with Crippen molar-refractivity contribution < 1.29 is 27.9 Å². The van der Waals surface area contributed by atoms with Gasteiger partial charge in [-0.1, -0.05) is 0 Å². The summed E-state index contributed by atoms with van der Waals surface area (Å²) in [6.07, 6.45) is 0. The van der Waals surface area contributed by atoms with Gasteiger partial charge in [-0.25, -0.2) is 13.2 Å². The van der Waals surface area contributed by atoms with Crippen molar-refractivity contribution in [1.82, 2.24) is 0 Å². The molecule has 0 heterocycles. The highest BCUT2D eigenvalue weighted by molar-refractivity contribution is 7.92. The fraction of sp³-hybridized carbons (Fsp3) is 0.222. The highest BCUT2D eigenvalue weighted by Crippen LogP contribution is 2.31. The van der Waals surface area contributed by atoms with E-state index >= 15 is 0 Å². The van der Waals surface area contributed by atoms with E-state index in [1.807, 2.05) is 0 Å².